The molecule has 0 heterocycles. The minimum Gasteiger partial charge on any atom is -0.489 e. The maximum absolute atomic E-state index is 11.0. The summed E-state index contributed by atoms with van der Waals surface area (Å²) in [5, 5.41) is 0. The lowest BCUT2D eigenvalue weighted by Crippen LogP contribution is -2.20. The maximum Gasteiger partial charge on any atom is 0.330 e. The zero-order valence-corrected chi connectivity index (χ0v) is 13.1. The van der Waals surface area contributed by atoms with E-state index >= 15 is 0 Å². The minimum atomic E-state index is -0.398. The summed E-state index contributed by atoms with van der Waals surface area (Å²) in [5.41, 5.74) is 8.17. The Hall–Kier alpha value is -2.59. The molecule has 2 rings (SSSR count). The van der Waals surface area contributed by atoms with Gasteiger partial charge in [-0.3, -0.25) is 0 Å². The fourth-order valence-corrected chi connectivity index (χ4v) is 2.07. The molecule has 0 radical (unpaired) electrons. The van der Waals surface area contributed by atoms with Crippen LogP contribution in [0.2, 0.25) is 0 Å². The van der Waals surface area contributed by atoms with Gasteiger partial charge in [0.1, 0.15) is 12.4 Å². The molecule has 0 bridgehead atoms. The Labute approximate surface area is 136 Å². The molecule has 23 heavy (non-hydrogen) atoms. The Bertz CT molecular complexity index is 635. The third kappa shape index (κ3) is 5.96. The Morgan fingerprint density at radius 3 is 2.43 bits per heavy atom. The first-order valence-corrected chi connectivity index (χ1v) is 7.45. The van der Waals surface area contributed by atoms with Crippen LogP contribution in [0.15, 0.2) is 66.7 Å². The number of methoxy groups -OCH3 is 1. The zero-order chi connectivity index (χ0) is 16.5. The van der Waals surface area contributed by atoms with E-state index < -0.39 is 5.97 Å². The van der Waals surface area contributed by atoms with E-state index in [2.05, 4.69) is 4.74 Å². The third-order valence-corrected chi connectivity index (χ3v) is 3.32. The number of benzene rings is 2. The van der Waals surface area contributed by atoms with Gasteiger partial charge >= 0.3 is 5.97 Å². The number of esters is 1. The molecule has 0 aromatic heterocycles. The fourth-order valence-electron chi connectivity index (χ4n) is 2.07. The lowest BCUT2D eigenvalue weighted by molar-refractivity contribution is -0.134. The van der Waals surface area contributed by atoms with E-state index in [0.717, 1.165) is 16.9 Å². The second-order valence-corrected chi connectivity index (χ2v) is 5.17. The molecule has 0 spiro atoms. The van der Waals surface area contributed by atoms with Gasteiger partial charge < -0.3 is 15.2 Å². The van der Waals surface area contributed by atoms with Crippen molar-refractivity contribution in [2.75, 3.05) is 7.11 Å². The van der Waals surface area contributed by atoms with Gasteiger partial charge in [-0.05, 0) is 29.7 Å². The van der Waals surface area contributed by atoms with Crippen LogP contribution in [0.3, 0.4) is 0 Å². The van der Waals surface area contributed by atoms with Crippen molar-refractivity contribution in [2.45, 2.75) is 19.1 Å². The summed E-state index contributed by atoms with van der Waals surface area (Å²) >= 11 is 0. The van der Waals surface area contributed by atoms with Gasteiger partial charge in [0.15, 0.2) is 0 Å². The Morgan fingerprint density at radius 2 is 1.78 bits per heavy atom. The molecule has 0 saturated carbocycles. The predicted octanol–water partition coefficient (Wildman–Crippen LogP) is 2.86. The average Bonchev–Trinajstić information content (AvgIpc) is 2.60. The molecule has 2 aromatic carbocycles. The van der Waals surface area contributed by atoms with Gasteiger partial charge in [-0.2, -0.15) is 0 Å². The summed E-state index contributed by atoms with van der Waals surface area (Å²) in [6, 6.07) is 17.6. The summed E-state index contributed by atoms with van der Waals surface area (Å²) in [7, 11) is 1.34. The second kappa shape index (κ2) is 8.76. The normalized spacial score (nSPS) is 12.1. The number of ether oxygens (including phenoxy) is 2. The molecule has 0 aliphatic carbocycles. The molecule has 0 fully saturated rings. The fraction of sp³-hybridized carbons (Fsp3) is 0.211. The topological polar surface area (TPSA) is 61.5 Å². The smallest absolute Gasteiger partial charge is 0.330 e. The van der Waals surface area contributed by atoms with E-state index in [4.69, 9.17) is 10.5 Å². The lowest BCUT2D eigenvalue weighted by atomic mass is 10.1. The molecule has 0 aliphatic rings. The van der Waals surface area contributed by atoms with E-state index in [9.17, 15) is 4.79 Å². The number of nitrogens with two attached hydrogens (primary N) is 1. The maximum atomic E-state index is 11.0. The Balaban J connectivity index is 1.84. The minimum absolute atomic E-state index is 0.231. The molecule has 0 amide bonds. The van der Waals surface area contributed by atoms with Gasteiger partial charge in [-0.1, -0.05) is 48.5 Å². The highest BCUT2D eigenvalue weighted by molar-refractivity contribution is 5.81. The molecular weight excluding hydrogens is 290 g/mol. The van der Waals surface area contributed by atoms with Crippen LogP contribution in [-0.2, 0) is 22.6 Å². The average molecular weight is 311 g/mol. The van der Waals surface area contributed by atoms with Crippen LogP contribution in [0.5, 0.6) is 5.75 Å². The summed E-state index contributed by atoms with van der Waals surface area (Å²) in [6.07, 6.45) is 3.64. The van der Waals surface area contributed by atoms with Crippen molar-refractivity contribution in [2.24, 2.45) is 5.73 Å². The van der Waals surface area contributed by atoms with Crippen molar-refractivity contribution in [3.05, 3.63) is 77.9 Å². The standard InChI is InChI=1S/C19H21NO3/c1-22-19(21)12-9-17(20)13-15-7-10-18(11-8-15)23-14-16-5-3-2-4-6-16/h2-12,17H,13-14,20H2,1H3. The number of carbonyl (C=O) groups is 1. The number of carbonyl (C=O) groups excluding carboxylic acids is 1. The van der Waals surface area contributed by atoms with Gasteiger partial charge in [0, 0.05) is 12.1 Å². The molecule has 0 aliphatic heterocycles. The van der Waals surface area contributed by atoms with Gasteiger partial charge in [0.2, 0.25) is 0 Å². The van der Waals surface area contributed by atoms with Crippen LogP contribution in [0.1, 0.15) is 11.1 Å². The van der Waals surface area contributed by atoms with Crippen LogP contribution >= 0.6 is 0 Å². The quantitative estimate of drug-likeness (QED) is 0.631. The molecule has 0 saturated heterocycles. The van der Waals surface area contributed by atoms with E-state index in [0.29, 0.717) is 13.0 Å². The molecule has 2 N–H and O–H groups in total. The van der Waals surface area contributed by atoms with Gasteiger partial charge in [0.25, 0.3) is 0 Å². The van der Waals surface area contributed by atoms with Crippen molar-refractivity contribution in [3.63, 3.8) is 0 Å². The molecule has 1 unspecified atom stereocenters. The van der Waals surface area contributed by atoms with Crippen LogP contribution < -0.4 is 10.5 Å². The Kier molecular flexibility index (Phi) is 6.39. The number of hydrogen-bond donors (Lipinski definition) is 1. The second-order valence-electron chi connectivity index (χ2n) is 5.17. The van der Waals surface area contributed by atoms with Gasteiger partial charge in [0.05, 0.1) is 7.11 Å². The molecule has 2 aromatic rings. The highest BCUT2D eigenvalue weighted by Crippen LogP contribution is 2.15. The van der Waals surface area contributed by atoms with Gasteiger partial charge in [-0.25, -0.2) is 4.79 Å². The van der Waals surface area contributed by atoms with Crippen molar-refractivity contribution in [1.82, 2.24) is 0 Å². The summed E-state index contributed by atoms with van der Waals surface area (Å²) < 4.78 is 10.3. The van der Waals surface area contributed by atoms with Crippen molar-refractivity contribution >= 4 is 5.97 Å². The molecular formula is C19H21NO3. The van der Waals surface area contributed by atoms with E-state index in [1.54, 1.807) is 6.08 Å². The third-order valence-electron chi connectivity index (χ3n) is 3.32. The molecule has 4 nitrogen and oxygen atoms in total. The first kappa shape index (κ1) is 16.8. The van der Waals surface area contributed by atoms with Crippen LogP contribution in [-0.4, -0.2) is 19.1 Å². The highest BCUT2D eigenvalue weighted by atomic mass is 16.5. The number of hydrogen-bond acceptors (Lipinski definition) is 4. The summed E-state index contributed by atoms with van der Waals surface area (Å²) in [5.74, 6) is 0.418. The van der Waals surface area contributed by atoms with Crippen molar-refractivity contribution in [1.29, 1.82) is 0 Å². The molecule has 1 atom stereocenters. The molecule has 120 valence electrons. The van der Waals surface area contributed by atoms with E-state index in [1.807, 2.05) is 54.6 Å². The monoisotopic (exact) mass is 311 g/mol. The van der Waals surface area contributed by atoms with Crippen LogP contribution in [0, 0.1) is 0 Å². The largest absolute Gasteiger partial charge is 0.489 e. The van der Waals surface area contributed by atoms with Gasteiger partial charge in [-0.15, -0.1) is 0 Å². The highest BCUT2D eigenvalue weighted by Gasteiger charge is 2.03. The van der Waals surface area contributed by atoms with E-state index in [-0.39, 0.29) is 6.04 Å². The van der Waals surface area contributed by atoms with E-state index in [1.165, 1.54) is 13.2 Å². The first-order valence-electron chi connectivity index (χ1n) is 7.45. The van der Waals surface area contributed by atoms with Crippen molar-refractivity contribution in [3.8, 4) is 5.75 Å². The SMILES string of the molecule is COC(=O)C=CC(N)Cc1ccc(OCc2ccccc2)cc1. The van der Waals surface area contributed by atoms with Crippen LogP contribution in [0.25, 0.3) is 0 Å². The van der Waals surface area contributed by atoms with Crippen molar-refractivity contribution < 1.29 is 14.3 Å². The predicted molar refractivity (Wildman–Crippen MR) is 90.1 cm³/mol. The summed E-state index contributed by atoms with van der Waals surface area (Å²) in [4.78, 5) is 11.0. The first-order chi connectivity index (χ1) is 11.2. The molecule has 4 heteroatoms. The summed E-state index contributed by atoms with van der Waals surface area (Å²) in [6.45, 7) is 0.543. The lowest BCUT2D eigenvalue weighted by Gasteiger charge is -2.09. The van der Waals surface area contributed by atoms with Crippen LogP contribution in [0.4, 0.5) is 0 Å². The number of rotatable bonds is 7. The Morgan fingerprint density at radius 1 is 1.09 bits per heavy atom. The zero-order valence-electron chi connectivity index (χ0n) is 13.1.